The van der Waals surface area contributed by atoms with Gasteiger partial charge in [-0.05, 0) is 55.5 Å². The lowest BCUT2D eigenvalue weighted by Crippen LogP contribution is -2.18. The fourth-order valence-electron chi connectivity index (χ4n) is 3.06. The van der Waals surface area contributed by atoms with Gasteiger partial charge in [0.1, 0.15) is 5.82 Å². The average molecular weight is 360 g/mol. The highest BCUT2D eigenvalue weighted by Gasteiger charge is 2.15. The van der Waals surface area contributed by atoms with Crippen LogP contribution >= 0.6 is 11.6 Å². The number of anilines is 2. The lowest BCUT2D eigenvalue weighted by molar-refractivity contribution is 0.992. The molecule has 4 rings (SSSR count). The Kier molecular flexibility index (Phi) is 4.55. The zero-order chi connectivity index (χ0) is 17.9. The quantitative estimate of drug-likeness (QED) is 0.440. The molecule has 26 heavy (non-hydrogen) atoms. The van der Waals surface area contributed by atoms with Crippen molar-refractivity contribution in [2.24, 2.45) is 0 Å². The van der Waals surface area contributed by atoms with Gasteiger partial charge in [0.2, 0.25) is 0 Å². The summed E-state index contributed by atoms with van der Waals surface area (Å²) in [5, 5.41) is 1.74. The van der Waals surface area contributed by atoms with Gasteiger partial charge in [-0.1, -0.05) is 41.9 Å². The van der Waals surface area contributed by atoms with E-state index in [9.17, 15) is 0 Å². The van der Waals surface area contributed by atoms with Crippen molar-refractivity contribution >= 4 is 34.0 Å². The third-order valence-electron chi connectivity index (χ3n) is 4.33. The van der Waals surface area contributed by atoms with Crippen molar-refractivity contribution in [1.29, 1.82) is 0 Å². The highest BCUT2D eigenvalue weighted by Crippen LogP contribution is 2.32. The number of fused-ring (bicyclic) bond motifs is 1. The van der Waals surface area contributed by atoms with E-state index in [2.05, 4.69) is 30.0 Å². The maximum Gasteiger partial charge on any atom is 0.162 e. The van der Waals surface area contributed by atoms with Crippen molar-refractivity contribution < 1.29 is 0 Å². The summed E-state index contributed by atoms with van der Waals surface area (Å²) in [6.45, 7) is 2.94. The lowest BCUT2D eigenvalue weighted by Gasteiger charge is -2.24. The minimum absolute atomic E-state index is 0.699. The Morgan fingerprint density at radius 2 is 1.50 bits per heavy atom. The predicted molar refractivity (Wildman–Crippen MR) is 109 cm³/mol. The number of aromatic nitrogens is 2. The Hall–Kier alpha value is -2.91. The Morgan fingerprint density at radius 1 is 0.808 bits per heavy atom. The molecule has 4 aromatic rings. The number of para-hydroxylation sites is 2. The molecule has 1 heterocycles. The summed E-state index contributed by atoms with van der Waals surface area (Å²) in [6.07, 6.45) is 0. The molecule has 3 nitrogen and oxygen atoms in total. The Labute approximate surface area is 157 Å². The molecule has 0 saturated heterocycles. The molecule has 0 N–H and O–H groups in total. The van der Waals surface area contributed by atoms with E-state index in [0.29, 0.717) is 10.8 Å². The predicted octanol–water partition coefficient (Wildman–Crippen LogP) is 6.11. The van der Waals surface area contributed by atoms with Gasteiger partial charge in [0.05, 0.1) is 5.52 Å². The maximum atomic E-state index is 6.03. The largest absolute Gasteiger partial charge is 0.326 e. The molecular weight excluding hydrogens is 342 g/mol. The van der Waals surface area contributed by atoms with E-state index in [1.165, 1.54) is 0 Å². The highest BCUT2D eigenvalue weighted by atomic mass is 35.5. The Bertz CT molecular complexity index is 1030. The minimum Gasteiger partial charge on any atom is -0.326 e. The normalized spacial score (nSPS) is 10.8. The number of rotatable bonds is 4. The first-order valence-corrected chi connectivity index (χ1v) is 8.99. The van der Waals surface area contributed by atoms with Gasteiger partial charge >= 0.3 is 0 Å². The van der Waals surface area contributed by atoms with Gasteiger partial charge in [-0.2, -0.15) is 0 Å². The SMILES string of the molecule is CCN(c1ccccc1)c1nc(-c2ccc(Cl)cc2)nc2ccccc12. The van der Waals surface area contributed by atoms with Crippen molar-refractivity contribution in [2.45, 2.75) is 6.92 Å². The van der Waals surface area contributed by atoms with Crippen LogP contribution in [0.25, 0.3) is 22.3 Å². The molecular formula is C22H18ClN3. The molecule has 1 aromatic heterocycles. The van der Waals surface area contributed by atoms with Crippen LogP contribution in [0.15, 0.2) is 78.9 Å². The third-order valence-corrected chi connectivity index (χ3v) is 4.58. The topological polar surface area (TPSA) is 29.0 Å². The van der Waals surface area contributed by atoms with Crippen molar-refractivity contribution in [3.63, 3.8) is 0 Å². The monoisotopic (exact) mass is 359 g/mol. The van der Waals surface area contributed by atoms with Crippen LogP contribution in [0, 0.1) is 0 Å². The first-order valence-electron chi connectivity index (χ1n) is 8.61. The van der Waals surface area contributed by atoms with Crippen molar-refractivity contribution in [3.8, 4) is 11.4 Å². The van der Waals surface area contributed by atoms with E-state index < -0.39 is 0 Å². The molecule has 4 heteroatoms. The maximum absolute atomic E-state index is 6.03. The molecule has 0 aliphatic heterocycles. The van der Waals surface area contributed by atoms with Crippen LogP contribution in [0.3, 0.4) is 0 Å². The van der Waals surface area contributed by atoms with Crippen molar-refractivity contribution in [1.82, 2.24) is 9.97 Å². The van der Waals surface area contributed by atoms with Crippen LogP contribution in [0.2, 0.25) is 5.02 Å². The fourth-order valence-corrected chi connectivity index (χ4v) is 3.18. The van der Waals surface area contributed by atoms with E-state index in [-0.39, 0.29) is 0 Å². The summed E-state index contributed by atoms with van der Waals surface area (Å²) in [5.41, 5.74) is 2.99. The van der Waals surface area contributed by atoms with Crippen LogP contribution in [-0.2, 0) is 0 Å². The zero-order valence-electron chi connectivity index (χ0n) is 14.4. The number of nitrogens with zero attached hydrogens (tertiary/aromatic N) is 3. The molecule has 0 fully saturated rings. The summed E-state index contributed by atoms with van der Waals surface area (Å²) in [4.78, 5) is 11.9. The summed E-state index contributed by atoms with van der Waals surface area (Å²) in [5.74, 6) is 1.61. The van der Waals surface area contributed by atoms with Gasteiger partial charge in [-0.15, -0.1) is 0 Å². The summed E-state index contributed by atoms with van der Waals surface area (Å²) >= 11 is 6.03. The van der Waals surface area contributed by atoms with E-state index >= 15 is 0 Å². The summed E-state index contributed by atoms with van der Waals surface area (Å²) in [6, 6.07) is 26.1. The van der Waals surface area contributed by atoms with Crippen LogP contribution in [0.1, 0.15) is 6.92 Å². The van der Waals surface area contributed by atoms with Crippen LogP contribution < -0.4 is 4.90 Å². The highest BCUT2D eigenvalue weighted by molar-refractivity contribution is 6.30. The van der Waals surface area contributed by atoms with Gasteiger partial charge < -0.3 is 4.90 Å². The van der Waals surface area contributed by atoms with Gasteiger partial charge in [0, 0.05) is 28.2 Å². The van der Waals surface area contributed by atoms with E-state index in [0.717, 1.165) is 34.5 Å². The average Bonchev–Trinajstić information content (AvgIpc) is 2.70. The second-order valence-corrected chi connectivity index (χ2v) is 6.41. The van der Waals surface area contributed by atoms with E-state index in [4.69, 9.17) is 21.6 Å². The zero-order valence-corrected chi connectivity index (χ0v) is 15.2. The third kappa shape index (κ3) is 3.14. The van der Waals surface area contributed by atoms with Crippen LogP contribution in [0.5, 0.6) is 0 Å². The van der Waals surface area contributed by atoms with Gasteiger partial charge in [-0.3, -0.25) is 0 Å². The standard InChI is InChI=1S/C22H18ClN3/c1-2-26(18-8-4-3-5-9-18)22-19-10-6-7-11-20(19)24-21(25-22)16-12-14-17(23)15-13-16/h3-15H,2H2,1H3. The fraction of sp³-hybridized carbons (Fsp3) is 0.0909. The molecule has 0 saturated carbocycles. The first kappa shape index (κ1) is 16.6. The second-order valence-electron chi connectivity index (χ2n) is 5.97. The second kappa shape index (κ2) is 7.14. The molecule has 0 aliphatic rings. The summed E-state index contributed by atoms with van der Waals surface area (Å²) < 4.78 is 0. The number of halogens is 1. The van der Waals surface area contributed by atoms with Gasteiger partial charge in [-0.25, -0.2) is 9.97 Å². The smallest absolute Gasteiger partial charge is 0.162 e. The van der Waals surface area contributed by atoms with E-state index in [1.807, 2.05) is 60.7 Å². The molecule has 0 amide bonds. The van der Waals surface area contributed by atoms with Crippen LogP contribution in [-0.4, -0.2) is 16.5 Å². The van der Waals surface area contributed by atoms with Crippen LogP contribution in [0.4, 0.5) is 11.5 Å². The number of hydrogen-bond acceptors (Lipinski definition) is 3. The molecule has 0 bridgehead atoms. The van der Waals surface area contributed by atoms with Gasteiger partial charge in [0.15, 0.2) is 5.82 Å². The Balaban J connectivity index is 1.93. The van der Waals surface area contributed by atoms with E-state index in [1.54, 1.807) is 0 Å². The molecule has 0 spiro atoms. The summed E-state index contributed by atoms with van der Waals surface area (Å²) in [7, 11) is 0. The lowest BCUT2D eigenvalue weighted by atomic mass is 10.1. The van der Waals surface area contributed by atoms with Crippen molar-refractivity contribution in [2.75, 3.05) is 11.4 Å². The number of hydrogen-bond donors (Lipinski definition) is 0. The Morgan fingerprint density at radius 3 is 2.23 bits per heavy atom. The number of benzene rings is 3. The molecule has 0 atom stereocenters. The molecule has 0 radical (unpaired) electrons. The molecule has 128 valence electrons. The minimum atomic E-state index is 0.699. The first-order chi connectivity index (χ1) is 12.8. The molecule has 0 unspecified atom stereocenters. The molecule has 0 aliphatic carbocycles. The molecule has 3 aromatic carbocycles. The van der Waals surface area contributed by atoms with Gasteiger partial charge in [0.25, 0.3) is 0 Å². The van der Waals surface area contributed by atoms with Crippen molar-refractivity contribution in [3.05, 3.63) is 83.9 Å².